The van der Waals surface area contributed by atoms with E-state index in [9.17, 15) is 14.4 Å². The number of nitrogens with two attached hydrogens (primary N) is 1. The molecule has 0 heterocycles. The van der Waals surface area contributed by atoms with Gasteiger partial charge in [0, 0.05) is 19.0 Å². The van der Waals surface area contributed by atoms with Crippen molar-refractivity contribution < 1.29 is 19.5 Å². The molecule has 7 heteroatoms. The molecule has 0 fully saturated rings. The van der Waals surface area contributed by atoms with Gasteiger partial charge in [-0.25, -0.2) is 4.79 Å². The lowest BCUT2D eigenvalue weighted by atomic mass is 10.3. The van der Waals surface area contributed by atoms with E-state index < -0.39 is 17.9 Å². The van der Waals surface area contributed by atoms with Gasteiger partial charge in [0.25, 0.3) is 0 Å². The van der Waals surface area contributed by atoms with Crippen LogP contribution in [0.5, 0.6) is 0 Å². The van der Waals surface area contributed by atoms with Crippen LogP contribution in [0.4, 0.5) is 4.79 Å². The Labute approximate surface area is 100.0 Å². The van der Waals surface area contributed by atoms with Gasteiger partial charge in [-0.1, -0.05) is 0 Å². The van der Waals surface area contributed by atoms with Crippen molar-refractivity contribution in [2.24, 2.45) is 5.73 Å². The molecule has 0 saturated carbocycles. The van der Waals surface area contributed by atoms with Gasteiger partial charge in [-0.3, -0.25) is 9.59 Å². The number of hydrogen-bond donors (Lipinski definition) is 3. The van der Waals surface area contributed by atoms with Crippen LogP contribution in [0, 0.1) is 0 Å². The number of carboxylic acids is 1. The number of amides is 3. The summed E-state index contributed by atoms with van der Waals surface area (Å²) in [5.41, 5.74) is 4.94. The van der Waals surface area contributed by atoms with Crippen LogP contribution in [0.3, 0.4) is 0 Å². The lowest BCUT2D eigenvalue weighted by molar-refractivity contribution is -0.138. The number of carboxylic acid groups (broad SMARTS) is 1. The number of primary amides is 1. The van der Waals surface area contributed by atoms with Crippen molar-refractivity contribution in [2.45, 2.75) is 32.7 Å². The first-order valence-electron chi connectivity index (χ1n) is 5.39. The fourth-order valence-corrected chi connectivity index (χ4v) is 1.19. The third kappa shape index (κ3) is 7.15. The largest absolute Gasteiger partial charge is 0.480 e. The molecule has 0 spiro atoms. The number of rotatable bonds is 7. The minimum absolute atomic E-state index is 0.195. The maximum absolute atomic E-state index is 11.6. The molecule has 0 aromatic heterocycles. The molecule has 3 amide bonds. The van der Waals surface area contributed by atoms with E-state index in [1.54, 1.807) is 13.8 Å². The maximum Gasteiger partial charge on any atom is 0.323 e. The quantitative estimate of drug-likeness (QED) is 0.537. The van der Waals surface area contributed by atoms with E-state index in [1.807, 2.05) is 0 Å². The normalized spacial score (nSPS) is 10.1. The molecular formula is C10H19N3O4. The van der Waals surface area contributed by atoms with Crippen LogP contribution in [0.25, 0.3) is 0 Å². The fourth-order valence-electron chi connectivity index (χ4n) is 1.19. The summed E-state index contributed by atoms with van der Waals surface area (Å²) in [5, 5.41) is 11.2. The third-order valence-electron chi connectivity index (χ3n) is 2.07. The molecule has 0 atom stereocenters. The minimum Gasteiger partial charge on any atom is -0.480 e. The topological polar surface area (TPSA) is 113 Å². The Bertz CT molecular complexity index is 291. The van der Waals surface area contributed by atoms with Crippen LogP contribution in [0.15, 0.2) is 0 Å². The predicted octanol–water partition coefficient (Wildman–Crippen LogP) is -0.243. The standard InChI is InChI=1S/C10H19N3O4/c1-7(2)13(6-9(15)16)10(17)12-5-3-4-8(11)14/h7H,3-6H2,1-2H3,(H2,11,14)(H,12,17)(H,15,16). The van der Waals surface area contributed by atoms with Gasteiger partial charge in [0.15, 0.2) is 0 Å². The van der Waals surface area contributed by atoms with Gasteiger partial charge in [0.1, 0.15) is 6.54 Å². The van der Waals surface area contributed by atoms with Crippen molar-refractivity contribution in [1.82, 2.24) is 10.2 Å². The van der Waals surface area contributed by atoms with Crippen molar-refractivity contribution in [1.29, 1.82) is 0 Å². The number of nitrogens with one attached hydrogen (secondary N) is 1. The molecule has 0 rings (SSSR count). The zero-order valence-corrected chi connectivity index (χ0v) is 10.1. The van der Waals surface area contributed by atoms with Gasteiger partial charge in [0.05, 0.1) is 0 Å². The zero-order chi connectivity index (χ0) is 13.4. The van der Waals surface area contributed by atoms with Crippen molar-refractivity contribution in [3.63, 3.8) is 0 Å². The summed E-state index contributed by atoms with van der Waals surface area (Å²) in [4.78, 5) is 33.8. The number of hydrogen-bond acceptors (Lipinski definition) is 3. The van der Waals surface area contributed by atoms with Crippen molar-refractivity contribution in [3.8, 4) is 0 Å². The third-order valence-corrected chi connectivity index (χ3v) is 2.07. The molecule has 7 nitrogen and oxygen atoms in total. The Kier molecular flexibility index (Phi) is 6.69. The Morgan fingerprint density at radius 2 is 1.94 bits per heavy atom. The summed E-state index contributed by atoms with van der Waals surface area (Å²) in [6.07, 6.45) is 0.640. The molecule has 0 aliphatic carbocycles. The molecule has 0 aliphatic rings. The molecule has 0 aromatic rings. The summed E-state index contributed by atoms with van der Waals surface area (Å²) < 4.78 is 0. The summed E-state index contributed by atoms with van der Waals surface area (Å²) in [5.74, 6) is -1.49. The Morgan fingerprint density at radius 3 is 2.35 bits per heavy atom. The zero-order valence-electron chi connectivity index (χ0n) is 10.1. The average Bonchev–Trinajstić information content (AvgIpc) is 2.19. The monoisotopic (exact) mass is 245 g/mol. The molecule has 0 radical (unpaired) electrons. The summed E-state index contributed by atoms with van der Waals surface area (Å²) in [6.45, 7) is 3.40. The van der Waals surface area contributed by atoms with Crippen molar-refractivity contribution >= 4 is 17.9 Å². The smallest absolute Gasteiger partial charge is 0.323 e. The first-order chi connectivity index (χ1) is 7.84. The molecule has 4 N–H and O–H groups in total. The Morgan fingerprint density at radius 1 is 1.35 bits per heavy atom. The van der Waals surface area contributed by atoms with Gasteiger partial charge in [-0.2, -0.15) is 0 Å². The first kappa shape index (κ1) is 15.2. The number of carbonyl (C=O) groups is 3. The summed E-state index contributed by atoms with van der Waals surface area (Å²) in [7, 11) is 0. The van der Waals surface area contributed by atoms with E-state index in [1.165, 1.54) is 4.90 Å². The number of urea groups is 1. The van der Waals surface area contributed by atoms with Crippen molar-refractivity contribution in [2.75, 3.05) is 13.1 Å². The molecule has 17 heavy (non-hydrogen) atoms. The van der Waals surface area contributed by atoms with Crippen LogP contribution in [-0.4, -0.2) is 47.0 Å². The van der Waals surface area contributed by atoms with Gasteiger partial charge in [0.2, 0.25) is 5.91 Å². The van der Waals surface area contributed by atoms with E-state index >= 15 is 0 Å². The minimum atomic E-state index is -1.06. The van der Waals surface area contributed by atoms with E-state index in [0.717, 1.165) is 0 Å². The highest BCUT2D eigenvalue weighted by Gasteiger charge is 2.18. The molecule has 0 bridgehead atoms. The van der Waals surface area contributed by atoms with E-state index in [2.05, 4.69) is 5.32 Å². The van der Waals surface area contributed by atoms with Gasteiger partial charge < -0.3 is 21.1 Å². The number of aliphatic carboxylic acids is 1. The highest BCUT2D eigenvalue weighted by molar-refractivity contribution is 5.80. The van der Waals surface area contributed by atoms with Crippen LogP contribution >= 0.6 is 0 Å². The van der Waals surface area contributed by atoms with Crippen LogP contribution in [0.2, 0.25) is 0 Å². The molecular weight excluding hydrogens is 226 g/mol. The SMILES string of the molecule is CC(C)N(CC(=O)O)C(=O)NCCCC(N)=O. The molecule has 0 aliphatic heterocycles. The van der Waals surface area contributed by atoms with E-state index in [-0.39, 0.29) is 19.0 Å². The molecule has 0 saturated heterocycles. The van der Waals surface area contributed by atoms with Crippen LogP contribution in [-0.2, 0) is 9.59 Å². The Hall–Kier alpha value is -1.79. The molecule has 98 valence electrons. The lowest BCUT2D eigenvalue weighted by Gasteiger charge is -2.25. The van der Waals surface area contributed by atoms with Gasteiger partial charge in [-0.15, -0.1) is 0 Å². The van der Waals surface area contributed by atoms with Crippen LogP contribution < -0.4 is 11.1 Å². The second kappa shape index (κ2) is 7.48. The fraction of sp³-hybridized carbons (Fsp3) is 0.700. The highest BCUT2D eigenvalue weighted by Crippen LogP contribution is 1.98. The molecule has 0 aromatic carbocycles. The second-order valence-corrected chi connectivity index (χ2v) is 3.92. The number of nitrogens with zero attached hydrogens (tertiary/aromatic N) is 1. The van der Waals surface area contributed by atoms with E-state index in [4.69, 9.17) is 10.8 Å². The Balaban J connectivity index is 4.06. The summed E-state index contributed by atoms with van der Waals surface area (Å²) in [6, 6.07) is -0.658. The predicted molar refractivity (Wildman–Crippen MR) is 61.3 cm³/mol. The second-order valence-electron chi connectivity index (χ2n) is 3.92. The van der Waals surface area contributed by atoms with Gasteiger partial charge in [-0.05, 0) is 20.3 Å². The van der Waals surface area contributed by atoms with E-state index in [0.29, 0.717) is 13.0 Å². The highest BCUT2D eigenvalue weighted by atomic mass is 16.4. The van der Waals surface area contributed by atoms with Crippen molar-refractivity contribution in [3.05, 3.63) is 0 Å². The van der Waals surface area contributed by atoms with Gasteiger partial charge >= 0.3 is 12.0 Å². The first-order valence-corrected chi connectivity index (χ1v) is 5.39. The van der Waals surface area contributed by atoms with Crippen LogP contribution in [0.1, 0.15) is 26.7 Å². The lowest BCUT2D eigenvalue weighted by Crippen LogP contribution is -2.46. The molecule has 0 unspecified atom stereocenters. The number of carbonyl (C=O) groups excluding carboxylic acids is 2. The summed E-state index contributed by atoms with van der Waals surface area (Å²) >= 11 is 0. The average molecular weight is 245 g/mol. The maximum atomic E-state index is 11.6.